The quantitative estimate of drug-likeness (QED) is 0.885. The molecule has 5 heteroatoms. The van der Waals surface area contributed by atoms with Crippen molar-refractivity contribution in [2.75, 3.05) is 7.11 Å². The van der Waals surface area contributed by atoms with Gasteiger partial charge in [-0.15, -0.1) is 0 Å². The summed E-state index contributed by atoms with van der Waals surface area (Å²) in [5, 5.41) is 10.0. The second-order valence-electron chi connectivity index (χ2n) is 4.38. The Bertz CT molecular complexity index is 634. The maximum absolute atomic E-state index is 12.6. The molecule has 0 atom stereocenters. The van der Waals surface area contributed by atoms with E-state index in [9.17, 15) is 18.3 Å². The highest BCUT2D eigenvalue weighted by Gasteiger charge is 2.30. The minimum absolute atomic E-state index is 0.0853. The molecule has 0 amide bonds. The van der Waals surface area contributed by atoms with Crippen molar-refractivity contribution in [1.82, 2.24) is 0 Å². The number of benzene rings is 2. The molecule has 106 valence electrons. The molecule has 0 radical (unpaired) electrons. The lowest BCUT2D eigenvalue weighted by Gasteiger charge is -2.13. The molecule has 0 aromatic heterocycles. The Morgan fingerprint density at radius 2 is 1.75 bits per heavy atom. The zero-order valence-corrected chi connectivity index (χ0v) is 11.0. The average molecular weight is 282 g/mol. The van der Waals surface area contributed by atoms with Crippen LogP contribution < -0.4 is 4.74 Å². The molecule has 0 spiro atoms. The maximum Gasteiger partial charge on any atom is 0.416 e. The number of hydrogen-bond acceptors (Lipinski definition) is 2. The van der Waals surface area contributed by atoms with Gasteiger partial charge in [-0.1, -0.05) is 18.2 Å². The molecule has 0 heterocycles. The van der Waals surface area contributed by atoms with Crippen molar-refractivity contribution >= 4 is 0 Å². The molecule has 2 aromatic rings. The number of aryl methyl sites for hydroxylation is 1. The Morgan fingerprint density at radius 1 is 1.05 bits per heavy atom. The van der Waals surface area contributed by atoms with Gasteiger partial charge in [0.2, 0.25) is 0 Å². The number of alkyl halides is 3. The SMILES string of the molecule is COc1cccc(-c2ccc(C(F)(F)F)cc2C)c1O. The van der Waals surface area contributed by atoms with Gasteiger partial charge in [0.15, 0.2) is 11.5 Å². The molecular formula is C15H13F3O2. The molecule has 0 aliphatic rings. The summed E-state index contributed by atoms with van der Waals surface area (Å²) in [5.41, 5.74) is 0.703. The number of ether oxygens (including phenoxy) is 1. The number of halogens is 3. The van der Waals surface area contributed by atoms with Gasteiger partial charge in [-0.2, -0.15) is 13.2 Å². The normalized spacial score (nSPS) is 11.4. The van der Waals surface area contributed by atoms with E-state index >= 15 is 0 Å². The first-order valence-electron chi connectivity index (χ1n) is 5.88. The summed E-state index contributed by atoms with van der Waals surface area (Å²) in [6, 6.07) is 8.30. The lowest BCUT2D eigenvalue weighted by atomic mass is 9.97. The Labute approximate surface area is 114 Å². The van der Waals surface area contributed by atoms with Gasteiger partial charge in [0, 0.05) is 5.56 Å². The van der Waals surface area contributed by atoms with Crippen molar-refractivity contribution in [2.24, 2.45) is 0 Å². The summed E-state index contributed by atoms with van der Waals surface area (Å²) in [5.74, 6) is 0.194. The van der Waals surface area contributed by atoms with E-state index in [0.29, 0.717) is 16.7 Å². The standard InChI is InChI=1S/C15H13F3O2/c1-9-8-10(15(16,17)18)6-7-11(9)12-4-3-5-13(20-2)14(12)19/h3-8,19H,1-2H3. The number of aromatic hydroxyl groups is 1. The van der Waals surface area contributed by atoms with Crippen molar-refractivity contribution in [3.8, 4) is 22.6 Å². The summed E-state index contributed by atoms with van der Waals surface area (Å²) >= 11 is 0. The van der Waals surface area contributed by atoms with Crippen molar-refractivity contribution < 1.29 is 23.0 Å². The third-order valence-corrected chi connectivity index (χ3v) is 3.06. The van der Waals surface area contributed by atoms with E-state index in [1.54, 1.807) is 25.1 Å². The summed E-state index contributed by atoms with van der Waals surface area (Å²) in [4.78, 5) is 0. The lowest BCUT2D eigenvalue weighted by Crippen LogP contribution is -2.05. The van der Waals surface area contributed by atoms with Crippen molar-refractivity contribution in [3.05, 3.63) is 47.5 Å². The minimum Gasteiger partial charge on any atom is -0.504 e. The van der Waals surface area contributed by atoms with Crippen LogP contribution in [0.3, 0.4) is 0 Å². The second kappa shape index (κ2) is 5.07. The Kier molecular flexibility index (Phi) is 3.61. The molecule has 1 N–H and O–H groups in total. The van der Waals surface area contributed by atoms with Crippen LogP contribution in [0.1, 0.15) is 11.1 Å². The van der Waals surface area contributed by atoms with Crippen LogP contribution in [0.25, 0.3) is 11.1 Å². The van der Waals surface area contributed by atoms with E-state index in [4.69, 9.17) is 4.74 Å². The van der Waals surface area contributed by atoms with Crippen LogP contribution in [0, 0.1) is 6.92 Å². The van der Waals surface area contributed by atoms with Crippen molar-refractivity contribution in [3.63, 3.8) is 0 Å². The van der Waals surface area contributed by atoms with Crippen LogP contribution in [-0.4, -0.2) is 12.2 Å². The van der Waals surface area contributed by atoms with E-state index in [1.165, 1.54) is 13.2 Å². The van der Waals surface area contributed by atoms with E-state index in [-0.39, 0.29) is 11.5 Å². The molecule has 0 unspecified atom stereocenters. The van der Waals surface area contributed by atoms with Gasteiger partial charge in [0.1, 0.15) is 0 Å². The monoisotopic (exact) mass is 282 g/mol. The number of methoxy groups -OCH3 is 1. The highest BCUT2D eigenvalue weighted by molar-refractivity contribution is 5.76. The number of rotatable bonds is 2. The Morgan fingerprint density at radius 3 is 2.30 bits per heavy atom. The van der Waals surface area contributed by atoms with Crippen LogP contribution in [0.4, 0.5) is 13.2 Å². The molecule has 20 heavy (non-hydrogen) atoms. The molecule has 2 nitrogen and oxygen atoms in total. The predicted molar refractivity (Wildman–Crippen MR) is 69.8 cm³/mol. The smallest absolute Gasteiger partial charge is 0.416 e. The number of para-hydroxylation sites is 1. The van der Waals surface area contributed by atoms with Gasteiger partial charge in [0.05, 0.1) is 12.7 Å². The van der Waals surface area contributed by atoms with Crippen molar-refractivity contribution in [2.45, 2.75) is 13.1 Å². The van der Waals surface area contributed by atoms with Crippen LogP contribution >= 0.6 is 0 Å². The first-order valence-corrected chi connectivity index (χ1v) is 5.88. The lowest BCUT2D eigenvalue weighted by molar-refractivity contribution is -0.137. The van der Waals surface area contributed by atoms with Gasteiger partial charge < -0.3 is 9.84 Å². The van der Waals surface area contributed by atoms with Crippen molar-refractivity contribution in [1.29, 1.82) is 0 Å². The molecule has 0 saturated heterocycles. The van der Waals surface area contributed by atoms with Gasteiger partial charge >= 0.3 is 6.18 Å². The Balaban J connectivity index is 2.55. The first kappa shape index (κ1) is 14.2. The largest absolute Gasteiger partial charge is 0.504 e. The third kappa shape index (κ3) is 2.57. The summed E-state index contributed by atoms with van der Waals surface area (Å²) < 4.78 is 42.9. The highest BCUT2D eigenvalue weighted by Crippen LogP contribution is 2.39. The maximum atomic E-state index is 12.6. The fraction of sp³-hybridized carbons (Fsp3) is 0.200. The van der Waals surface area contributed by atoms with E-state index in [2.05, 4.69) is 0 Å². The molecule has 0 aliphatic carbocycles. The zero-order chi connectivity index (χ0) is 14.9. The average Bonchev–Trinajstić information content (AvgIpc) is 2.38. The number of phenolic OH excluding ortho intramolecular Hbond substituents is 1. The fourth-order valence-electron chi connectivity index (χ4n) is 2.05. The predicted octanol–water partition coefficient (Wildman–Crippen LogP) is 4.40. The van der Waals surface area contributed by atoms with E-state index in [1.807, 2.05) is 0 Å². The molecular weight excluding hydrogens is 269 g/mol. The topological polar surface area (TPSA) is 29.5 Å². The Hall–Kier alpha value is -2.17. The zero-order valence-electron chi connectivity index (χ0n) is 11.0. The van der Waals surface area contributed by atoms with Gasteiger partial charge in [-0.25, -0.2) is 0 Å². The first-order chi connectivity index (χ1) is 9.34. The van der Waals surface area contributed by atoms with Gasteiger partial charge in [-0.3, -0.25) is 0 Å². The molecule has 2 rings (SSSR count). The molecule has 0 bridgehead atoms. The summed E-state index contributed by atoms with van der Waals surface area (Å²) in [7, 11) is 1.42. The van der Waals surface area contributed by atoms with Crippen LogP contribution in [0.15, 0.2) is 36.4 Å². The van der Waals surface area contributed by atoms with Crippen LogP contribution in [0.2, 0.25) is 0 Å². The van der Waals surface area contributed by atoms with Crippen LogP contribution in [0.5, 0.6) is 11.5 Å². The van der Waals surface area contributed by atoms with Crippen LogP contribution in [-0.2, 0) is 6.18 Å². The molecule has 2 aromatic carbocycles. The van der Waals surface area contributed by atoms with E-state index in [0.717, 1.165) is 12.1 Å². The van der Waals surface area contributed by atoms with Gasteiger partial charge in [0.25, 0.3) is 0 Å². The second-order valence-corrected chi connectivity index (χ2v) is 4.38. The number of phenols is 1. The molecule has 0 saturated carbocycles. The summed E-state index contributed by atoms with van der Waals surface area (Å²) in [6.07, 6.45) is -4.38. The molecule has 0 fully saturated rings. The minimum atomic E-state index is -4.38. The highest BCUT2D eigenvalue weighted by atomic mass is 19.4. The van der Waals surface area contributed by atoms with E-state index < -0.39 is 11.7 Å². The number of hydrogen-bond donors (Lipinski definition) is 1. The third-order valence-electron chi connectivity index (χ3n) is 3.06. The fourth-order valence-corrected chi connectivity index (χ4v) is 2.05. The van der Waals surface area contributed by atoms with Gasteiger partial charge in [-0.05, 0) is 36.2 Å². The summed E-state index contributed by atoms with van der Waals surface area (Å²) in [6.45, 7) is 1.57. The molecule has 0 aliphatic heterocycles.